The molecule has 4 aliphatic rings. The summed E-state index contributed by atoms with van der Waals surface area (Å²) in [6.45, 7) is 5.48. The van der Waals surface area contributed by atoms with Gasteiger partial charge in [-0.1, -0.05) is 68.9 Å². The van der Waals surface area contributed by atoms with Gasteiger partial charge in [-0.2, -0.15) is 0 Å². The van der Waals surface area contributed by atoms with E-state index in [4.69, 9.17) is 0 Å². The lowest BCUT2D eigenvalue weighted by Gasteiger charge is -2.37. The number of rotatable bonds is 22. The molecule has 3 aromatic carbocycles. The van der Waals surface area contributed by atoms with Crippen LogP contribution in [0, 0.1) is 23.5 Å². The first-order chi connectivity index (χ1) is 35.7. The van der Waals surface area contributed by atoms with E-state index in [0.29, 0.717) is 38.8 Å². The summed E-state index contributed by atoms with van der Waals surface area (Å²) in [4.78, 5) is 93.1. The molecule has 0 bridgehead atoms. The number of likely N-dealkylation sites (tertiary alicyclic amines) is 2. The van der Waals surface area contributed by atoms with Gasteiger partial charge < -0.3 is 40.9 Å². The van der Waals surface area contributed by atoms with E-state index in [1.54, 1.807) is 86.3 Å². The predicted octanol–water partition coefficient (Wildman–Crippen LogP) is 6.66. The Morgan fingerprint density at radius 3 is 1.28 bits per heavy atom. The first-order valence-electron chi connectivity index (χ1n) is 27.5. The van der Waals surface area contributed by atoms with Crippen molar-refractivity contribution in [3.8, 4) is 0 Å². The van der Waals surface area contributed by atoms with Crippen LogP contribution in [-0.4, -0.2) is 145 Å². The van der Waals surface area contributed by atoms with Crippen LogP contribution >= 0.6 is 0 Å². The standard InChI is InChI=1S/C58H80F2N8O6/c1-39(61-3)53(69)63-51(43-14-7-5-8-15-43)57(73)67-32-12-20-49(67)37-65(34-30-41-22-26-47(59)27-23-41)55(71)45-18-11-19-46(36-45)56(72)66(35-31-42-24-28-48(60)29-25-42)38-50-21-13-33-68(50)58(74)52(44-16-9-6-10-17-44)64-54(70)40(2)62-4/h11,18-19,22-29,36,39-40,43-44,49-52,61-62H,5-10,12-17,20-21,30-35,37-38H2,1-4H3,(H,63,69)(H,64,70)/t39-,40-,49-,50-,51-,52-/m0/s1. The van der Waals surface area contributed by atoms with E-state index in [2.05, 4.69) is 21.3 Å². The van der Waals surface area contributed by atoms with Crippen LogP contribution in [0.25, 0.3) is 0 Å². The van der Waals surface area contributed by atoms with Crippen molar-refractivity contribution in [1.82, 2.24) is 40.9 Å². The minimum Gasteiger partial charge on any atom is -0.343 e. The highest BCUT2D eigenvalue weighted by atomic mass is 19.1. The summed E-state index contributed by atoms with van der Waals surface area (Å²) in [6.07, 6.45) is 13.2. The van der Waals surface area contributed by atoms with Gasteiger partial charge in [0.2, 0.25) is 23.6 Å². The Bertz CT molecular complexity index is 2200. The Hall–Kier alpha value is -5.74. The number of carbonyl (C=O) groups is 6. The van der Waals surface area contributed by atoms with Crippen LogP contribution in [-0.2, 0) is 32.0 Å². The average Bonchev–Trinajstić information content (AvgIpc) is 4.11. The molecule has 2 aliphatic heterocycles. The van der Waals surface area contributed by atoms with Crippen molar-refractivity contribution in [2.24, 2.45) is 11.8 Å². The summed E-state index contributed by atoms with van der Waals surface area (Å²) >= 11 is 0. The molecule has 0 unspecified atom stereocenters. The highest BCUT2D eigenvalue weighted by Crippen LogP contribution is 2.32. The zero-order valence-corrected chi connectivity index (χ0v) is 44.1. The molecule has 74 heavy (non-hydrogen) atoms. The molecule has 2 saturated heterocycles. The first kappa shape index (κ1) is 56.0. The second kappa shape index (κ2) is 27.2. The summed E-state index contributed by atoms with van der Waals surface area (Å²) in [6, 6.07) is 16.1. The number of halogens is 2. The lowest BCUT2D eigenvalue weighted by molar-refractivity contribution is -0.139. The fraction of sp³-hybridized carbons (Fsp3) is 0.586. The van der Waals surface area contributed by atoms with Crippen molar-refractivity contribution in [3.05, 3.63) is 107 Å². The molecule has 7 rings (SSSR count). The summed E-state index contributed by atoms with van der Waals surface area (Å²) in [5.41, 5.74) is 2.25. The molecule has 0 aromatic heterocycles. The van der Waals surface area contributed by atoms with Gasteiger partial charge in [0.05, 0.1) is 12.1 Å². The fourth-order valence-electron chi connectivity index (χ4n) is 11.5. The van der Waals surface area contributed by atoms with Crippen molar-refractivity contribution in [2.75, 3.05) is 53.4 Å². The molecular formula is C58H80F2N8O6. The van der Waals surface area contributed by atoms with Crippen LogP contribution in [0.2, 0.25) is 0 Å². The largest absolute Gasteiger partial charge is 0.343 e. The molecule has 4 N–H and O–H groups in total. The Morgan fingerprint density at radius 2 is 0.919 bits per heavy atom. The molecule has 402 valence electrons. The van der Waals surface area contributed by atoms with Crippen molar-refractivity contribution in [2.45, 2.75) is 153 Å². The van der Waals surface area contributed by atoms with E-state index in [0.717, 1.165) is 88.2 Å². The monoisotopic (exact) mass is 1020 g/mol. The number of likely N-dealkylation sites (N-methyl/N-ethyl adjacent to an activating group) is 2. The first-order valence-corrected chi connectivity index (χ1v) is 27.5. The molecule has 4 fully saturated rings. The van der Waals surface area contributed by atoms with Gasteiger partial charge in [-0.25, -0.2) is 8.78 Å². The maximum Gasteiger partial charge on any atom is 0.253 e. The lowest BCUT2D eigenvalue weighted by atomic mass is 9.83. The third-order valence-corrected chi connectivity index (χ3v) is 16.3. The van der Waals surface area contributed by atoms with E-state index in [9.17, 15) is 37.5 Å². The summed E-state index contributed by atoms with van der Waals surface area (Å²) < 4.78 is 28.0. The maximum atomic E-state index is 15.0. The molecular weight excluding hydrogens is 943 g/mol. The molecule has 0 spiro atoms. The van der Waals surface area contributed by atoms with E-state index in [-0.39, 0.29) is 108 Å². The normalized spacial score (nSPS) is 20.1. The van der Waals surface area contributed by atoms with Gasteiger partial charge in [0.1, 0.15) is 23.7 Å². The number of benzene rings is 3. The third-order valence-electron chi connectivity index (χ3n) is 16.3. The van der Waals surface area contributed by atoms with Crippen molar-refractivity contribution in [1.29, 1.82) is 0 Å². The Kier molecular flexibility index (Phi) is 20.6. The Balaban J connectivity index is 1.14. The van der Waals surface area contributed by atoms with Crippen LogP contribution in [0.3, 0.4) is 0 Å². The van der Waals surface area contributed by atoms with E-state index >= 15 is 0 Å². The number of hydrogen-bond donors (Lipinski definition) is 4. The zero-order chi connectivity index (χ0) is 52.7. The summed E-state index contributed by atoms with van der Waals surface area (Å²) in [5.74, 6) is -2.08. The minimum atomic E-state index is -0.683. The summed E-state index contributed by atoms with van der Waals surface area (Å²) in [7, 11) is 3.43. The van der Waals surface area contributed by atoms with Gasteiger partial charge >= 0.3 is 0 Å². The molecule has 14 nitrogen and oxygen atoms in total. The van der Waals surface area contributed by atoms with Gasteiger partial charge in [-0.3, -0.25) is 28.8 Å². The maximum absolute atomic E-state index is 15.0. The second-order valence-electron chi connectivity index (χ2n) is 21.3. The van der Waals surface area contributed by atoms with Gasteiger partial charge in [-0.05, 0) is 158 Å². The molecule has 3 aromatic rings. The van der Waals surface area contributed by atoms with E-state index in [1.165, 1.54) is 24.3 Å². The molecule has 6 amide bonds. The minimum absolute atomic E-state index is 0.00728. The van der Waals surface area contributed by atoms with Crippen LogP contribution < -0.4 is 21.3 Å². The predicted molar refractivity (Wildman–Crippen MR) is 282 cm³/mol. The molecule has 2 heterocycles. The Morgan fingerprint density at radius 1 is 0.541 bits per heavy atom. The molecule has 0 radical (unpaired) electrons. The molecule has 16 heteroatoms. The van der Waals surface area contributed by atoms with Crippen molar-refractivity contribution >= 4 is 35.4 Å². The quantitative estimate of drug-likeness (QED) is 0.0869. The highest BCUT2D eigenvalue weighted by molar-refractivity contribution is 6.00. The van der Waals surface area contributed by atoms with Gasteiger partial charge in [0, 0.05) is 62.5 Å². The van der Waals surface area contributed by atoms with Crippen LogP contribution in [0.1, 0.15) is 136 Å². The fourth-order valence-corrected chi connectivity index (χ4v) is 11.5. The summed E-state index contributed by atoms with van der Waals surface area (Å²) in [5, 5.41) is 12.2. The van der Waals surface area contributed by atoms with Crippen LogP contribution in [0.15, 0.2) is 72.8 Å². The smallest absolute Gasteiger partial charge is 0.253 e. The SMILES string of the molecule is CN[C@@H](C)C(=O)N[C@H](C(=O)N1CCC[C@H]1CN(CCc1ccc(F)cc1)C(=O)c1cccc(C(=O)N(CCc2ccc(F)cc2)C[C@@H]2CCCN2C(=O)[C@@H](NC(=O)[C@H](C)NC)C2CCCCC2)c1)C1CCCCC1. The van der Waals surface area contributed by atoms with Crippen LogP contribution in [0.5, 0.6) is 0 Å². The molecule has 6 atom stereocenters. The number of nitrogens with zero attached hydrogens (tertiary/aromatic N) is 4. The van der Waals surface area contributed by atoms with E-state index < -0.39 is 24.2 Å². The molecule has 2 saturated carbocycles. The molecule has 2 aliphatic carbocycles. The number of nitrogens with one attached hydrogen (secondary N) is 4. The van der Waals surface area contributed by atoms with E-state index in [1.807, 2.05) is 9.80 Å². The number of hydrogen-bond acceptors (Lipinski definition) is 8. The zero-order valence-electron chi connectivity index (χ0n) is 44.1. The second-order valence-corrected chi connectivity index (χ2v) is 21.3. The van der Waals surface area contributed by atoms with Gasteiger partial charge in [0.15, 0.2) is 0 Å². The topological polar surface area (TPSA) is 163 Å². The van der Waals surface area contributed by atoms with Crippen LogP contribution in [0.4, 0.5) is 8.78 Å². The Labute approximate surface area is 437 Å². The van der Waals surface area contributed by atoms with Gasteiger partial charge in [-0.15, -0.1) is 0 Å². The van der Waals surface area contributed by atoms with Gasteiger partial charge in [0.25, 0.3) is 11.8 Å². The number of carbonyl (C=O) groups excluding carboxylic acids is 6. The number of amides is 6. The van der Waals surface area contributed by atoms with Crippen molar-refractivity contribution in [3.63, 3.8) is 0 Å². The highest BCUT2D eigenvalue weighted by Gasteiger charge is 2.42. The lowest BCUT2D eigenvalue weighted by Crippen LogP contribution is -2.57. The third kappa shape index (κ3) is 14.8. The average molecular weight is 1020 g/mol. The van der Waals surface area contributed by atoms with Crippen molar-refractivity contribution < 1.29 is 37.5 Å².